The number of carbonyl (C=O) groups excluding carboxylic acids is 1. The second kappa shape index (κ2) is 13.7. The van der Waals surface area contributed by atoms with Crippen LogP contribution in [0.5, 0.6) is 23.0 Å². The maximum atomic E-state index is 13.2. The van der Waals surface area contributed by atoms with Gasteiger partial charge in [0.25, 0.3) is 0 Å². The predicted octanol–water partition coefficient (Wildman–Crippen LogP) is 4.31. The lowest BCUT2D eigenvalue weighted by molar-refractivity contribution is 0.0602. The number of carbonyl (C=O) groups is 1. The molecule has 0 fully saturated rings. The number of halogens is 1. The Kier molecular flexibility index (Phi) is 10.4. The van der Waals surface area contributed by atoms with E-state index >= 15 is 0 Å². The smallest absolute Gasteiger partial charge is 0.343 e. The SMILES string of the molecule is COCCN(C)c1nc(NCc2ccc(OC)c(Cl)c2)c(C(=O)OC)c(-c2cc(OC)c(OC)c(OC)c2)n1. The summed E-state index contributed by atoms with van der Waals surface area (Å²) in [6, 6.07) is 8.83. The Morgan fingerprint density at radius 3 is 2.13 bits per heavy atom. The fraction of sp³-hybridized carbons (Fsp3) is 0.370. The number of aromatic nitrogens is 2. The van der Waals surface area contributed by atoms with Gasteiger partial charge in [-0.2, -0.15) is 4.98 Å². The highest BCUT2D eigenvalue weighted by Crippen LogP contribution is 2.42. The number of anilines is 2. The predicted molar refractivity (Wildman–Crippen MR) is 149 cm³/mol. The average Bonchev–Trinajstić information content (AvgIpc) is 2.96. The molecule has 3 rings (SSSR count). The van der Waals surface area contributed by atoms with Crippen molar-refractivity contribution in [2.75, 3.05) is 73.1 Å². The average molecular weight is 561 g/mol. The van der Waals surface area contributed by atoms with Crippen LogP contribution >= 0.6 is 11.6 Å². The quantitative estimate of drug-likeness (QED) is 0.302. The number of ether oxygens (including phenoxy) is 6. The minimum atomic E-state index is -0.625. The number of hydrogen-bond acceptors (Lipinski definition) is 11. The molecule has 3 aromatic rings. The summed E-state index contributed by atoms with van der Waals surface area (Å²) in [6.45, 7) is 1.27. The van der Waals surface area contributed by atoms with Crippen LogP contribution in [0.2, 0.25) is 5.02 Å². The van der Waals surface area contributed by atoms with Crippen LogP contribution in [0.1, 0.15) is 15.9 Å². The molecule has 0 amide bonds. The van der Waals surface area contributed by atoms with Crippen LogP contribution in [-0.4, -0.2) is 78.8 Å². The van der Waals surface area contributed by atoms with E-state index in [1.165, 1.54) is 28.4 Å². The van der Waals surface area contributed by atoms with Gasteiger partial charge in [0.2, 0.25) is 11.7 Å². The molecular formula is C27H33ClN4O7. The minimum Gasteiger partial charge on any atom is -0.495 e. The van der Waals surface area contributed by atoms with Crippen molar-refractivity contribution in [2.24, 2.45) is 0 Å². The third-order valence-electron chi connectivity index (χ3n) is 5.87. The number of rotatable bonds is 13. The minimum absolute atomic E-state index is 0.135. The van der Waals surface area contributed by atoms with E-state index in [0.29, 0.717) is 64.9 Å². The summed E-state index contributed by atoms with van der Waals surface area (Å²) in [6.07, 6.45) is 0. The first-order valence-electron chi connectivity index (χ1n) is 11.9. The molecule has 0 unspecified atom stereocenters. The van der Waals surface area contributed by atoms with Gasteiger partial charge in [-0.05, 0) is 29.8 Å². The normalized spacial score (nSPS) is 10.6. The van der Waals surface area contributed by atoms with Crippen molar-refractivity contribution in [3.8, 4) is 34.3 Å². The van der Waals surface area contributed by atoms with E-state index in [0.717, 1.165) is 5.56 Å². The maximum absolute atomic E-state index is 13.2. The lowest BCUT2D eigenvalue weighted by Crippen LogP contribution is -2.26. The highest BCUT2D eigenvalue weighted by Gasteiger charge is 2.26. The van der Waals surface area contributed by atoms with Gasteiger partial charge in [0.1, 0.15) is 17.1 Å². The molecule has 0 aliphatic carbocycles. The molecule has 2 aromatic carbocycles. The van der Waals surface area contributed by atoms with E-state index in [9.17, 15) is 4.79 Å². The van der Waals surface area contributed by atoms with Gasteiger partial charge >= 0.3 is 5.97 Å². The second-order valence-electron chi connectivity index (χ2n) is 8.24. The monoisotopic (exact) mass is 560 g/mol. The van der Waals surface area contributed by atoms with Gasteiger partial charge in [-0.25, -0.2) is 9.78 Å². The molecule has 39 heavy (non-hydrogen) atoms. The Hall–Kier alpha value is -3.96. The first kappa shape index (κ1) is 29.6. The molecule has 1 aromatic heterocycles. The third kappa shape index (κ3) is 6.73. The van der Waals surface area contributed by atoms with E-state index in [-0.39, 0.29) is 11.4 Å². The number of benzene rings is 2. The van der Waals surface area contributed by atoms with Crippen LogP contribution in [0, 0.1) is 0 Å². The molecule has 0 aliphatic heterocycles. The summed E-state index contributed by atoms with van der Waals surface area (Å²) < 4.78 is 32.1. The van der Waals surface area contributed by atoms with Gasteiger partial charge in [0.05, 0.1) is 52.9 Å². The first-order valence-corrected chi connectivity index (χ1v) is 12.3. The number of nitrogens with zero attached hydrogens (tertiary/aromatic N) is 3. The zero-order valence-electron chi connectivity index (χ0n) is 23.1. The zero-order chi connectivity index (χ0) is 28.5. The summed E-state index contributed by atoms with van der Waals surface area (Å²) in [5, 5.41) is 3.72. The zero-order valence-corrected chi connectivity index (χ0v) is 23.8. The molecule has 1 N–H and O–H groups in total. The Bertz CT molecular complexity index is 1280. The summed E-state index contributed by atoms with van der Waals surface area (Å²) in [5.74, 6) is 1.77. The third-order valence-corrected chi connectivity index (χ3v) is 6.17. The molecule has 0 aliphatic rings. The van der Waals surface area contributed by atoms with Gasteiger partial charge in [-0.3, -0.25) is 0 Å². The van der Waals surface area contributed by atoms with Crippen LogP contribution in [0.25, 0.3) is 11.3 Å². The van der Waals surface area contributed by atoms with Crippen molar-refractivity contribution in [1.29, 1.82) is 0 Å². The van der Waals surface area contributed by atoms with Crippen molar-refractivity contribution in [2.45, 2.75) is 6.54 Å². The number of methoxy groups -OCH3 is 6. The van der Waals surface area contributed by atoms with Crippen LogP contribution in [0.4, 0.5) is 11.8 Å². The van der Waals surface area contributed by atoms with Gasteiger partial charge in [0.15, 0.2) is 11.5 Å². The van der Waals surface area contributed by atoms with Crippen molar-refractivity contribution in [3.63, 3.8) is 0 Å². The Morgan fingerprint density at radius 2 is 1.59 bits per heavy atom. The largest absolute Gasteiger partial charge is 0.495 e. The standard InChI is InChI=1S/C27H33ClN4O7/c1-32(10-11-34-2)27-30-23(17-13-20(36-4)24(38-6)21(14-17)37-5)22(26(33)39-7)25(31-27)29-15-16-8-9-19(35-3)18(28)12-16/h8-9,12-14H,10-11,15H2,1-7H3,(H,29,30,31). The number of hydrogen-bond donors (Lipinski definition) is 1. The molecular weight excluding hydrogens is 528 g/mol. The van der Waals surface area contributed by atoms with Crippen LogP contribution in [0.15, 0.2) is 30.3 Å². The number of nitrogens with one attached hydrogen (secondary N) is 1. The summed E-state index contributed by atoms with van der Waals surface area (Å²) in [5.41, 5.74) is 1.82. The van der Waals surface area contributed by atoms with Crippen LogP contribution in [-0.2, 0) is 16.0 Å². The fourth-order valence-corrected chi connectivity index (χ4v) is 4.08. The molecule has 0 radical (unpaired) electrons. The van der Waals surface area contributed by atoms with Crippen molar-refractivity contribution in [1.82, 2.24) is 9.97 Å². The van der Waals surface area contributed by atoms with Crippen molar-refractivity contribution < 1.29 is 33.2 Å². The van der Waals surface area contributed by atoms with Crippen molar-refractivity contribution >= 4 is 29.3 Å². The molecule has 12 heteroatoms. The number of likely N-dealkylation sites (N-methyl/N-ethyl adjacent to an activating group) is 1. The van der Waals surface area contributed by atoms with Gasteiger partial charge in [0, 0.05) is 32.8 Å². The summed E-state index contributed by atoms with van der Waals surface area (Å²) in [7, 11) is 10.8. The molecule has 0 saturated heterocycles. The lowest BCUT2D eigenvalue weighted by Gasteiger charge is -2.22. The highest BCUT2D eigenvalue weighted by atomic mass is 35.5. The molecule has 1 heterocycles. The van der Waals surface area contributed by atoms with Gasteiger partial charge < -0.3 is 38.6 Å². The molecule has 0 spiro atoms. The molecule has 0 atom stereocenters. The van der Waals surface area contributed by atoms with Gasteiger partial charge in [-0.1, -0.05) is 17.7 Å². The number of esters is 1. The maximum Gasteiger partial charge on any atom is 0.343 e. The van der Waals surface area contributed by atoms with E-state index in [2.05, 4.69) is 10.3 Å². The Morgan fingerprint density at radius 1 is 0.923 bits per heavy atom. The highest BCUT2D eigenvalue weighted by molar-refractivity contribution is 6.32. The van der Waals surface area contributed by atoms with E-state index < -0.39 is 5.97 Å². The topological polar surface area (TPSA) is 114 Å². The van der Waals surface area contributed by atoms with Crippen LogP contribution in [0.3, 0.4) is 0 Å². The Balaban J connectivity index is 2.21. The van der Waals surface area contributed by atoms with Gasteiger partial charge in [-0.15, -0.1) is 0 Å². The Labute approximate surface area is 232 Å². The fourth-order valence-electron chi connectivity index (χ4n) is 3.80. The summed E-state index contributed by atoms with van der Waals surface area (Å²) in [4.78, 5) is 24.4. The van der Waals surface area contributed by atoms with E-state index in [4.69, 9.17) is 45.0 Å². The van der Waals surface area contributed by atoms with Crippen LogP contribution < -0.4 is 29.2 Å². The second-order valence-corrected chi connectivity index (χ2v) is 8.65. The van der Waals surface area contributed by atoms with Crippen molar-refractivity contribution in [3.05, 3.63) is 46.5 Å². The van der Waals surface area contributed by atoms with E-state index in [1.54, 1.807) is 38.5 Å². The molecule has 210 valence electrons. The first-order chi connectivity index (χ1) is 18.8. The summed E-state index contributed by atoms with van der Waals surface area (Å²) >= 11 is 6.31. The molecule has 11 nitrogen and oxygen atoms in total. The molecule has 0 saturated carbocycles. The molecule has 0 bridgehead atoms. The van der Waals surface area contributed by atoms with E-state index in [1.807, 2.05) is 18.0 Å². The lowest BCUT2D eigenvalue weighted by atomic mass is 10.0.